The molecule has 5 atom stereocenters. The number of aryl methyl sites for hydroxylation is 1. The van der Waals surface area contributed by atoms with Crippen LogP contribution >= 0.6 is 0 Å². The minimum atomic E-state index is -0.0230. The van der Waals surface area contributed by atoms with E-state index < -0.39 is 0 Å². The van der Waals surface area contributed by atoms with Gasteiger partial charge in [0.2, 0.25) is 0 Å². The zero-order valence-corrected chi connectivity index (χ0v) is 30.4. The van der Waals surface area contributed by atoms with Crippen LogP contribution in [0.4, 0.5) is 0 Å². The Labute approximate surface area is 292 Å². The van der Waals surface area contributed by atoms with Gasteiger partial charge in [-0.2, -0.15) is 0 Å². The van der Waals surface area contributed by atoms with E-state index in [4.69, 9.17) is 12.3 Å². The van der Waals surface area contributed by atoms with E-state index in [1.807, 2.05) is 0 Å². The van der Waals surface area contributed by atoms with Crippen molar-refractivity contribution in [1.29, 1.82) is 0 Å². The lowest BCUT2D eigenvalue weighted by Gasteiger charge is -2.36. The number of hydrogen-bond donors (Lipinski definition) is 2. The summed E-state index contributed by atoms with van der Waals surface area (Å²) in [6.07, 6.45) is 25.8. The average Bonchev–Trinajstić information content (AvgIpc) is 3.78. The third-order valence-electron chi connectivity index (χ3n) is 11.5. The molecule has 0 radical (unpaired) electrons. The lowest BCUT2D eigenvalue weighted by Crippen LogP contribution is -2.35. The molecule has 1 aromatic carbocycles. The normalized spacial score (nSPS) is 29.9. The van der Waals surface area contributed by atoms with E-state index in [2.05, 4.69) is 118 Å². The van der Waals surface area contributed by atoms with Crippen molar-refractivity contribution in [3.63, 3.8) is 0 Å². The van der Waals surface area contributed by atoms with E-state index in [-0.39, 0.29) is 11.3 Å². The summed E-state index contributed by atoms with van der Waals surface area (Å²) in [5.41, 5.74) is 19.1. The Morgan fingerprint density at radius 1 is 1.17 bits per heavy atom. The van der Waals surface area contributed by atoms with E-state index in [1.165, 1.54) is 44.8 Å². The van der Waals surface area contributed by atoms with Crippen LogP contribution in [0.5, 0.6) is 0 Å². The highest BCUT2D eigenvalue weighted by Crippen LogP contribution is 2.66. The molecule has 0 aromatic heterocycles. The van der Waals surface area contributed by atoms with Crippen LogP contribution in [0.1, 0.15) is 101 Å². The highest BCUT2D eigenvalue weighted by molar-refractivity contribution is 5.75. The van der Waals surface area contributed by atoms with Gasteiger partial charge in [-0.05, 0) is 98.7 Å². The summed E-state index contributed by atoms with van der Waals surface area (Å²) >= 11 is 0. The maximum Gasteiger partial charge on any atom is 0.0446 e. The lowest BCUT2D eigenvalue weighted by molar-refractivity contribution is 0.341. The van der Waals surface area contributed by atoms with Gasteiger partial charge in [-0.3, -0.25) is 0 Å². The molecule has 256 valence electrons. The highest BCUT2D eigenvalue weighted by Gasteiger charge is 2.60. The van der Waals surface area contributed by atoms with E-state index in [0.29, 0.717) is 23.5 Å². The summed E-state index contributed by atoms with van der Waals surface area (Å²) < 4.78 is 0. The first-order valence-corrected chi connectivity index (χ1v) is 18.6. The van der Waals surface area contributed by atoms with Crippen molar-refractivity contribution in [1.82, 2.24) is 10.2 Å². The van der Waals surface area contributed by atoms with Crippen molar-refractivity contribution in [3.05, 3.63) is 137 Å². The van der Waals surface area contributed by atoms with Crippen molar-refractivity contribution in [3.8, 4) is 0 Å². The number of benzene rings is 1. The smallest absolute Gasteiger partial charge is 0.0446 e. The summed E-state index contributed by atoms with van der Waals surface area (Å²) in [6.45, 7) is 29.4. The van der Waals surface area contributed by atoms with Gasteiger partial charge in [0, 0.05) is 47.7 Å². The minimum absolute atomic E-state index is 0.0230. The molecule has 2 aliphatic carbocycles. The lowest BCUT2D eigenvalue weighted by atomic mass is 9.79. The molecule has 5 unspecified atom stereocenters. The Hall–Kier alpha value is -3.72. The molecule has 0 amide bonds. The molecule has 3 heteroatoms. The fourth-order valence-corrected chi connectivity index (χ4v) is 8.69. The second-order valence-electron chi connectivity index (χ2n) is 14.9. The van der Waals surface area contributed by atoms with Gasteiger partial charge in [-0.1, -0.05) is 124 Å². The molecule has 2 heterocycles. The predicted molar refractivity (Wildman–Crippen MR) is 208 cm³/mol. The molecule has 3 nitrogen and oxygen atoms in total. The van der Waals surface area contributed by atoms with E-state index >= 15 is 0 Å². The monoisotopic (exact) mass is 643 g/mol. The molecule has 1 aromatic rings. The van der Waals surface area contributed by atoms with Gasteiger partial charge in [0.15, 0.2) is 0 Å². The summed E-state index contributed by atoms with van der Waals surface area (Å²) in [7, 11) is 0. The van der Waals surface area contributed by atoms with Crippen molar-refractivity contribution in [2.45, 2.75) is 91.4 Å². The van der Waals surface area contributed by atoms with Crippen molar-refractivity contribution in [2.24, 2.45) is 28.9 Å². The van der Waals surface area contributed by atoms with Gasteiger partial charge < -0.3 is 16.0 Å². The quantitative estimate of drug-likeness (QED) is 0.210. The molecule has 1 saturated carbocycles. The topological polar surface area (TPSA) is 41.3 Å². The Bertz CT molecular complexity index is 1560. The van der Waals surface area contributed by atoms with Crippen LogP contribution in [-0.4, -0.2) is 24.5 Å². The number of allylic oxidation sites excluding steroid dienone is 9. The standard InChI is InChI=1S/C45H61N3/c1-9-15-38(16-10-2)43-33(6)20-21-37(34(7)46)24-26-48-30-45(29-42(45)41-28-32(5)19-22-40(41)44(43)48)35(8)47-25-23-36(11-3)39-18-14-12-13-17-31(4)27-39/h9,12,14,19-22,24,27-28,33,36,38,42,47H,1,4,7-8,10-11,13,15-18,23,25-26,29-30,46H2,2-3,5-6H3/b14-12-,21-20-,37-24+,39-27+,44-43+. The fourth-order valence-electron chi connectivity index (χ4n) is 8.69. The largest absolute Gasteiger partial charge is 0.399 e. The number of fused-ring (bicyclic) bond motifs is 5. The molecular weight excluding hydrogens is 583 g/mol. The minimum Gasteiger partial charge on any atom is -0.399 e. The van der Waals surface area contributed by atoms with Crippen LogP contribution in [-0.2, 0) is 0 Å². The number of nitrogens with two attached hydrogens (primary N) is 1. The summed E-state index contributed by atoms with van der Waals surface area (Å²) in [5.74, 6) is 1.67. The molecule has 1 fully saturated rings. The number of hydrogen-bond acceptors (Lipinski definition) is 3. The maximum atomic E-state index is 6.35. The van der Waals surface area contributed by atoms with Crippen LogP contribution in [0.25, 0.3) is 5.70 Å². The fraction of sp³-hybridized carbons (Fsp3) is 0.467. The first-order valence-electron chi connectivity index (χ1n) is 18.6. The van der Waals surface area contributed by atoms with Gasteiger partial charge in [-0.25, -0.2) is 0 Å². The second kappa shape index (κ2) is 15.7. The Morgan fingerprint density at radius 2 is 1.98 bits per heavy atom. The highest BCUT2D eigenvalue weighted by atomic mass is 15.2. The van der Waals surface area contributed by atoms with E-state index in [0.717, 1.165) is 83.0 Å². The Balaban J connectivity index is 1.52. The van der Waals surface area contributed by atoms with Gasteiger partial charge in [0.1, 0.15) is 0 Å². The predicted octanol–water partition coefficient (Wildman–Crippen LogP) is 10.8. The number of nitrogens with one attached hydrogen (secondary N) is 1. The summed E-state index contributed by atoms with van der Waals surface area (Å²) in [4.78, 5) is 2.67. The second-order valence-corrected chi connectivity index (χ2v) is 14.9. The molecule has 4 aliphatic rings. The Kier molecular flexibility index (Phi) is 11.6. The van der Waals surface area contributed by atoms with E-state index in [1.54, 1.807) is 0 Å². The Morgan fingerprint density at radius 3 is 2.71 bits per heavy atom. The summed E-state index contributed by atoms with van der Waals surface area (Å²) in [6, 6.07) is 7.18. The average molecular weight is 644 g/mol. The number of rotatable bonds is 13. The molecular formula is C45H61N3. The molecule has 0 saturated heterocycles. The zero-order chi connectivity index (χ0) is 34.4. The SMILES string of the molecule is C=CCC(CCC)/C1=C2\c3ccc(C)cc3C3CC3(C(=C)NCCC(CC)/C3=C/C(=C)CC/C=C\C3)CN2C/C=C(C(=C)N)\C=C/C1C. The first kappa shape index (κ1) is 35.6. The van der Waals surface area contributed by atoms with Crippen LogP contribution in [0.2, 0.25) is 0 Å². The van der Waals surface area contributed by atoms with E-state index in [9.17, 15) is 0 Å². The van der Waals surface area contributed by atoms with Crippen molar-refractivity contribution < 1.29 is 0 Å². The van der Waals surface area contributed by atoms with Gasteiger partial charge >= 0.3 is 0 Å². The van der Waals surface area contributed by atoms with Crippen LogP contribution in [0.3, 0.4) is 0 Å². The van der Waals surface area contributed by atoms with Crippen LogP contribution in [0.15, 0.2) is 121 Å². The van der Waals surface area contributed by atoms with Gasteiger partial charge in [0.25, 0.3) is 0 Å². The first-order chi connectivity index (χ1) is 23.1. The molecule has 2 aliphatic heterocycles. The zero-order valence-electron chi connectivity index (χ0n) is 30.4. The maximum absolute atomic E-state index is 6.35. The number of nitrogens with zero attached hydrogens (tertiary/aromatic N) is 1. The third kappa shape index (κ3) is 7.61. The van der Waals surface area contributed by atoms with Crippen LogP contribution < -0.4 is 11.1 Å². The van der Waals surface area contributed by atoms with Gasteiger partial charge in [-0.15, -0.1) is 6.58 Å². The van der Waals surface area contributed by atoms with Gasteiger partial charge in [0.05, 0.1) is 0 Å². The third-order valence-corrected chi connectivity index (χ3v) is 11.5. The molecule has 3 N–H and O–H groups in total. The van der Waals surface area contributed by atoms with Crippen LogP contribution in [0, 0.1) is 30.1 Å². The van der Waals surface area contributed by atoms with Crippen molar-refractivity contribution >= 4 is 5.70 Å². The molecule has 0 spiro atoms. The molecule has 48 heavy (non-hydrogen) atoms. The van der Waals surface area contributed by atoms with Crippen molar-refractivity contribution in [2.75, 3.05) is 19.6 Å². The molecule has 5 rings (SSSR count). The molecule has 0 bridgehead atoms. The summed E-state index contributed by atoms with van der Waals surface area (Å²) in [5, 5.41) is 3.92.